The molecular formula is C12H21N3O. The second kappa shape index (κ2) is 4.97. The van der Waals surface area contributed by atoms with E-state index in [1.54, 1.807) is 0 Å². The van der Waals surface area contributed by atoms with Gasteiger partial charge in [-0.15, -0.1) is 0 Å². The molecule has 16 heavy (non-hydrogen) atoms. The molecule has 0 aliphatic heterocycles. The zero-order valence-electron chi connectivity index (χ0n) is 10.4. The third-order valence-electron chi connectivity index (χ3n) is 3.04. The van der Waals surface area contributed by atoms with E-state index in [2.05, 4.69) is 36.3 Å². The van der Waals surface area contributed by atoms with Crippen LogP contribution in [0, 0.1) is 0 Å². The van der Waals surface area contributed by atoms with Crippen molar-refractivity contribution in [3.05, 3.63) is 17.5 Å². The molecule has 1 aromatic rings. The smallest absolute Gasteiger partial charge is 0.151 e. The van der Waals surface area contributed by atoms with Crippen LogP contribution in [0.5, 0.6) is 0 Å². The van der Waals surface area contributed by atoms with Crippen LogP contribution in [0.25, 0.3) is 0 Å². The van der Waals surface area contributed by atoms with Crippen LogP contribution in [0.4, 0.5) is 0 Å². The van der Waals surface area contributed by atoms with E-state index < -0.39 is 0 Å². The van der Waals surface area contributed by atoms with E-state index >= 15 is 0 Å². The van der Waals surface area contributed by atoms with Crippen molar-refractivity contribution in [3.63, 3.8) is 0 Å². The first kappa shape index (κ1) is 11.6. The maximum atomic E-state index is 5.31. The van der Waals surface area contributed by atoms with Gasteiger partial charge in [-0.05, 0) is 33.7 Å². The van der Waals surface area contributed by atoms with Gasteiger partial charge in [0.25, 0.3) is 0 Å². The lowest BCUT2D eigenvalue weighted by atomic mass is 10.3. The zero-order valence-corrected chi connectivity index (χ0v) is 10.4. The van der Waals surface area contributed by atoms with Gasteiger partial charge in [0.1, 0.15) is 0 Å². The minimum atomic E-state index is 0.526. The molecule has 4 heteroatoms. The number of rotatable bonds is 6. The standard InChI is InChI=1S/C12H21N3O/c1-9(2)15(3)8-12-6-11(14-16-12)7-13-10-4-5-10/h6,9-10,13H,4-5,7-8H2,1-3H3. The van der Waals surface area contributed by atoms with Crippen LogP contribution in [0.1, 0.15) is 38.1 Å². The monoisotopic (exact) mass is 223 g/mol. The van der Waals surface area contributed by atoms with Gasteiger partial charge in [-0.3, -0.25) is 4.90 Å². The van der Waals surface area contributed by atoms with E-state index in [-0.39, 0.29) is 0 Å². The average molecular weight is 223 g/mol. The molecule has 0 unspecified atom stereocenters. The van der Waals surface area contributed by atoms with E-state index in [9.17, 15) is 0 Å². The fourth-order valence-electron chi connectivity index (χ4n) is 1.48. The fourth-order valence-corrected chi connectivity index (χ4v) is 1.48. The van der Waals surface area contributed by atoms with E-state index in [4.69, 9.17) is 4.52 Å². The first-order chi connectivity index (χ1) is 7.65. The van der Waals surface area contributed by atoms with Gasteiger partial charge in [-0.25, -0.2) is 0 Å². The Bertz CT molecular complexity index is 331. The Morgan fingerprint density at radius 2 is 2.31 bits per heavy atom. The van der Waals surface area contributed by atoms with Crippen LogP contribution in [-0.2, 0) is 13.1 Å². The van der Waals surface area contributed by atoms with Crippen molar-refractivity contribution in [2.45, 2.75) is 51.9 Å². The fraction of sp³-hybridized carbons (Fsp3) is 0.750. The molecule has 4 nitrogen and oxygen atoms in total. The van der Waals surface area contributed by atoms with Crippen molar-refractivity contribution in [3.8, 4) is 0 Å². The highest BCUT2D eigenvalue weighted by atomic mass is 16.5. The van der Waals surface area contributed by atoms with Gasteiger partial charge in [0.15, 0.2) is 5.76 Å². The maximum Gasteiger partial charge on any atom is 0.151 e. The Labute approximate surface area is 97.0 Å². The Morgan fingerprint density at radius 3 is 2.94 bits per heavy atom. The third kappa shape index (κ3) is 3.32. The second-order valence-electron chi connectivity index (χ2n) is 4.95. The highest BCUT2D eigenvalue weighted by Crippen LogP contribution is 2.19. The molecule has 1 aliphatic rings. The average Bonchev–Trinajstić information content (AvgIpc) is 2.97. The lowest BCUT2D eigenvalue weighted by Crippen LogP contribution is -2.25. The Balaban J connectivity index is 1.81. The third-order valence-corrected chi connectivity index (χ3v) is 3.04. The van der Waals surface area contributed by atoms with Crippen molar-refractivity contribution in [2.75, 3.05) is 7.05 Å². The number of hydrogen-bond acceptors (Lipinski definition) is 4. The second-order valence-corrected chi connectivity index (χ2v) is 4.95. The summed E-state index contributed by atoms with van der Waals surface area (Å²) in [4.78, 5) is 2.23. The molecule has 0 amide bonds. The molecule has 1 fully saturated rings. The van der Waals surface area contributed by atoms with Gasteiger partial charge in [0.05, 0.1) is 12.2 Å². The molecule has 1 aliphatic carbocycles. The summed E-state index contributed by atoms with van der Waals surface area (Å²) in [5.74, 6) is 0.948. The molecule has 2 rings (SSSR count). The van der Waals surface area contributed by atoms with E-state index in [1.165, 1.54) is 12.8 Å². The lowest BCUT2D eigenvalue weighted by molar-refractivity contribution is 0.230. The first-order valence-corrected chi connectivity index (χ1v) is 6.03. The Hall–Kier alpha value is -0.870. The molecule has 0 bridgehead atoms. The van der Waals surface area contributed by atoms with Crippen molar-refractivity contribution in [1.29, 1.82) is 0 Å². The van der Waals surface area contributed by atoms with E-state index in [1.807, 2.05) is 6.07 Å². The zero-order chi connectivity index (χ0) is 11.5. The normalized spacial score (nSPS) is 16.3. The largest absolute Gasteiger partial charge is 0.360 e. The molecule has 1 saturated carbocycles. The summed E-state index contributed by atoms with van der Waals surface area (Å²) in [6, 6.07) is 3.30. The van der Waals surface area contributed by atoms with Crippen molar-refractivity contribution in [1.82, 2.24) is 15.4 Å². The number of hydrogen-bond donors (Lipinski definition) is 1. The summed E-state index contributed by atoms with van der Waals surface area (Å²) >= 11 is 0. The Morgan fingerprint density at radius 1 is 1.56 bits per heavy atom. The van der Waals surface area contributed by atoms with Gasteiger partial charge in [-0.1, -0.05) is 5.16 Å². The van der Waals surface area contributed by atoms with Gasteiger partial charge in [0.2, 0.25) is 0 Å². The summed E-state index contributed by atoms with van der Waals surface area (Å²) in [6.45, 7) is 6.01. The highest BCUT2D eigenvalue weighted by molar-refractivity contribution is 5.05. The highest BCUT2D eigenvalue weighted by Gasteiger charge is 2.20. The number of nitrogens with one attached hydrogen (secondary N) is 1. The van der Waals surface area contributed by atoms with Gasteiger partial charge in [-0.2, -0.15) is 0 Å². The molecule has 1 aromatic heterocycles. The topological polar surface area (TPSA) is 41.3 Å². The lowest BCUT2D eigenvalue weighted by Gasteiger charge is -2.18. The van der Waals surface area contributed by atoms with E-state index in [0.717, 1.165) is 30.6 Å². The Kier molecular flexibility index (Phi) is 3.61. The number of nitrogens with zero attached hydrogens (tertiary/aromatic N) is 2. The van der Waals surface area contributed by atoms with Gasteiger partial charge >= 0.3 is 0 Å². The molecule has 1 N–H and O–H groups in total. The van der Waals surface area contributed by atoms with Crippen molar-refractivity contribution >= 4 is 0 Å². The van der Waals surface area contributed by atoms with Crippen LogP contribution in [0.15, 0.2) is 10.6 Å². The van der Waals surface area contributed by atoms with Crippen LogP contribution in [0.3, 0.4) is 0 Å². The first-order valence-electron chi connectivity index (χ1n) is 6.03. The predicted molar refractivity (Wildman–Crippen MR) is 63.0 cm³/mol. The van der Waals surface area contributed by atoms with E-state index in [0.29, 0.717) is 6.04 Å². The molecular weight excluding hydrogens is 202 g/mol. The molecule has 0 radical (unpaired) electrons. The van der Waals surface area contributed by atoms with Crippen LogP contribution in [0.2, 0.25) is 0 Å². The molecule has 0 atom stereocenters. The molecule has 1 heterocycles. The van der Waals surface area contributed by atoms with Crippen molar-refractivity contribution < 1.29 is 4.52 Å². The molecule has 90 valence electrons. The van der Waals surface area contributed by atoms with Crippen LogP contribution in [-0.4, -0.2) is 29.2 Å². The van der Waals surface area contributed by atoms with Gasteiger partial charge in [0, 0.05) is 24.7 Å². The van der Waals surface area contributed by atoms with Crippen molar-refractivity contribution in [2.24, 2.45) is 0 Å². The molecule has 0 saturated heterocycles. The summed E-state index contributed by atoms with van der Waals surface area (Å²) in [5, 5.41) is 7.49. The SMILES string of the molecule is CC(C)N(C)Cc1cc(CNC2CC2)no1. The quantitative estimate of drug-likeness (QED) is 0.798. The van der Waals surface area contributed by atoms with Gasteiger partial charge < -0.3 is 9.84 Å². The van der Waals surface area contributed by atoms with Crippen LogP contribution < -0.4 is 5.32 Å². The molecule has 0 spiro atoms. The predicted octanol–water partition coefficient (Wildman–Crippen LogP) is 1.77. The summed E-state index contributed by atoms with van der Waals surface area (Å²) in [7, 11) is 2.09. The van der Waals surface area contributed by atoms with Crippen LogP contribution >= 0.6 is 0 Å². The summed E-state index contributed by atoms with van der Waals surface area (Å²) < 4.78 is 5.31. The molecule has 0 aromatic carbocycles. The maximum absolute atomic E-state index is 5.31. The minimum Gasteiger partial charge on any atom is -0.360 e. The summed E-state index contributed by atoms with van der Waals surface area (Å²) in [5.41, 5.74) is 1.01. The minimum absolute atomic E-state index is 0.526. The number of aromatic nitrogens is 1. The summed E-state index contributed by atoms with van der Waals surface area (Å²) in [6.07, 6.45) is 2.61.